The lowest BCUT2D eigenvalue weighted by Gasteiger charge is -2.21. The molecule has 0 aromatic heterocycles. The Morgan fingerprint density at radius 3 is 2.88 bits per heavy atom. The number of nitrogens with zero attached hydrogens (tertiary/aromatic N) is 1. The molecule has 0 saturated carbocycles. The van der Waals surface area contributed by atoms with Crippen LogP contribution in [-0.4, -0.2) is 51.1 Å². The minimum absolute atomic E-state index is 0.341. The molecular weight excluding hydrogens is 325 g/mol. The van der Waals surface area contributed by atoms with Crippen molar-refractivity contribution in [3.63, 3.8) is 0 Å². The molecule has 0 atom stereocenters. The maximum atomic E-state index is 13.3. The molecule has 1 heterocycles. The molecule has 1 aliphatic rings. The summed E-state index contributed by atoms with van der Waals surface area (Å²) in [6.45, 7) is 4.40. The predicted molar refractivity (Wildman–Crippen MR) is 95.2 cm³/mol. The van der Waals surface area contributed by atoms with Crippen LogP contribution >= 0.6 is 0 Å². The van der Waals surface area contributed by atoms with Gasteiger partial charge in [-0.15, -0.1) is 0 Å². The first kappa shape index (κ1) is 19.5. The highest BCUT2D eigenvalue weighted by Crippen LogP contribution is 2.16. The molecule has 0 bridgehead atoms. The Hall–Kier alpha value is -1.86. The van der Waals surface area contributed by atoms with Gasteiger partial charge in [-0.25, -0.2) is 4.39 Å². The first-order valence-corrected chi connectivity index (χ1v) is 8.76. The summed E-state index contributed by atoms with van der Waals surface area (Å²) in [6, 6.07) is 4.32. The van der Waals surface area contributed by atoms with Crippen molar-refractivity contribution >= 4 is 5.96 Å². The Bertz CT molecular complexity index is 548. The molecule has 0 aliphatic carbocycles. The van der Waals surface area contributed by atoms with E-state index in [9.17, 15) is 9.50 Å². The Morgan fingerprint density at radius 2 is 2.16 bits per heavy atom. The zero-order chi connectivity index (χ0) is 17.9. The lowest BCUT2D eigenvalue weighted by atomic mass is 10.0. The van der Waals surface area contributed by atoms with E-state index in [1.165, 1.54) is 12.1 Å². The number of nitrogens with one attached hydrogen (secondary N) is 2. The van der Waals surface area contributed by atoms with E-state index in [1.807, 2.05) is 0 Å². The van der Waals surface area contributed by atoms with Crippen molar-refractivity contribution in [1.82, 2.24) is 10.6 Å². The molecule has 1 aliphatic heterocycles. The van der Waals surface area contributed by atoms with E-state index in [0.29, 0.717) is 25.0 Å². The second-order valence-corrected chi connectivity index (χ2v) is 6.12. The number of hydrogen-bond donors (Lipinski definition) is 3. The van der Waals surface area contributed by atoms with Gasteiger partial charge in [0.15, 0.2) is 17.5 Å². The number of aliphatic imine (C=N–C) groups is 1. The first-order valence-electron chi connectivity index (χ1n) is 8.76. The third-order valence-corrected chi connectivity index (χ3v) is 4.15. The molecular formula is C18H28FN3O3. The number of ether oxygens (including phenoxy) is 2. The Kier molecular flexibility index (Phi) is 8.48. The molecule has 0 amide bonds. The zero-order valence-electron chi connectivity index (χ0n) is 14.8. The minimum atomic E-state index is -0.621. The monoisotopic (exact) mass is 353 g/mol. The molecule has 3 N–H and O–H groups in total. The molecule has 1 fully saturated rings. The number of benzene rings is 1. The van der Waals surface area contributed by atoms with Crippen LogP contribution in [0.25, 0.3) is 0 Å². The molecule has 7 heteroatoms. The van der Waals surface area contributed by atoms with E-state index in [1.54, 1.807) is 13.1 Å². The molecule has 1 aromatic rings. The van der Waals surface area contributed by atoms with Crippen molar-refractivity contribution in [2.45, 2.75) is 25.8 Å². The molecule has 1 saturated heterocycles. The van der Waals surface area contributed by atoms with E-state index in [4.69, 9.17) is 9.47 Å². The molecule has 0 spiro atoms. The average molecular weight is 353 g/mol. The summed E-state index contributed by atoms with van der Waals surface area (Å²) in [6.07, 6.45) is 3.07. The van der Waals surface area contributed by atoms with E-state index < -0.39 is 5.82 Å². The highest BCUT2D eigenvalue weighted by Gasteiger charge is 2.13. The van der Waals surface area contributed by atoms with Crippen molar-refractivity contribution in [3.8, 4) is 5.75 Å². The highest BCUT2D eigenvalue weighted by atomic mass is 19.1. The van der Waals surface area contributed by atoms with Gasteiger partial charge < -0.3 is 25.2 Å². The van der Waals surface area contributed by atoms with Gasteiger partial charge in [0.05, 0.1) is 0 Å². The van der Waals surface area contributed by atoms with Crippen molar-refractivity contribution in [2.75, 3.05) is 40.0 Å². The SMILES string of the molecule is CN=C(NCCCOCC1CCOCC1)NCc1ccc(O)c(F)c1. The predicted octanol–water partition coefficient (Wildman–Crippen LogP) is 2.03. The normalized spacial score (nSPS) is 16.0. The highest BCUT2D eigenvalue weighted by molar-refractivity contribution is 5.79. The summed E-state index contributed by atoms with van der Waals surface area (Å²) in [5.74, 6) is 0.315. The zero-order valence-corrected chi connectivity index (χ0v) is 14.8. The van der Waals surface area contributed by atoms with Crippen molar-refractivity contribution in [2.24, 2.45) is 10.9 Å². The van der Waals surface area contributed by atoms with E-state index in [0.717, 1.165) is 51.2 Å². The topological polar surface area (TPSA) is 75.1 Å². The number of halogens is 1. The lowest BCUT2D eigenvalue weighted by Crippen LogP contribution is -2.37. The van der Waals surface area contributed by atoms with Gasteiger partial charge in [-0.2, -0.15) is 0 Å². The number of phenolic OH excluding ortho intramolecular Hbond substituents is 1. The molecule has 140 valence electrons. The van der Waals surface area contributed by atoms with Gasteiger partial charge in [0.25, 0.3) is 0 Å². The van der Waals surface area contributed by atoms with Crippen LogP contribution in [0.1, 0.15) is 24.8 Å². The van der Waals surface area contributed by atoms with E-state index in [-0.39, 0.29) is 5.75 Å². The molecule has 0 unspecified atom stereocenters. The fraction of sp³-hybridized carbons (Fsp3) is 0.611. The molecule has 0 radical (unpaired) electrons. The van der Waals surface area contributed by atoms with E-state index >= 15 is 0 Å². The molecule has 6 nitrogen and oxygen atoms in total. The van der Waals surface area contributed by atoms with Crippen LogP contribution < -0.4 is 10.6 Å². The van der Waals surface area contributed by atoms with Crippen LogP contribution in [0.5, 0.6) is 5.75 Å². The van der Waals surface area contributed by atoms with Crippen LogP contribution in [0.2, 0.25) is 0 Å². The van der Waals surface area contributed by atoms with Gasteiger partial charge >= 0.3 is 0 Å². The van der Waals surface area contributed by atoms with Crippen molar-refractivity contribution < 1.29 is 19.0 Å². The van der Waals surface area contributed by atoms with Crippen LogP contribution in [0, 0.1) is 11.7 Å². The number of phenols is 1. The van der Waals surface area contributed by atoms with Crippen LogP contribution in [0.3, 0.4) is 0 Å². The minimum Gasteiger partial charge on any atom is -0.505 e. The smallest absolute Gasteiger partial charge is 0.191 e. The standard InChI is InChI=1S/C18H28FN3O3/c1-20-18(22-12-15-3-4-17(23)16(19)11-15)21-7-2-8-25-13-14-5-9-24-10-6-14/h3-4,11,14,23H,2,5-10,12-13H2,1H3,(H2,20,21,22). The molecule has 2 rings (SSSR count). The number of guanidine groups is 1. The van der Waals surface area contributed by atoms with E-state index in [2.05, 4.69) is 15.6 Å². The number of hydrogen-bond acceptors (Lipinski definition) is 4. The van der Waals surface area contributed by atoms with Crippen LogP contribution in [0.15, 0.2) is 23.2 Å². The van der Waals surface area contributed by atoms with Gasteiger partial charge in [0.2, 0.25) is 0 Å². The summed E-state index contributed by atoms with van der Waals surface area (Å²) in [5, 5.41) is 15.5. The van der Waals surface area contributed by atoms with Crippen molar-refractivity contribution in [3.05, 3.63) is 29.6 Å². The number of rotatable bonds is 8. The van der Waals surface area contributed by atoms with Gasteiger partial charge in [-0.3, -0.25) is 4.99 Å². The second-order valence-electron chi connectivity index (χ2n) is 6.12. The van der Waals surface area contributed by atoms with Gasteiger partial charge in [-0.1, -0.05) is 6.07 Å². The summed E-state index contributed by atoms with van der Waals surface area (Å²) < 4.78 is 24.3. The van der Waals surface area contributed by atoms with Crippen LogP contribution in [-0.2, 0) is 16.0 Å². The third kappa shape index (κ3) is 7.27. The maximum absolute atomic E-state index is 13.3. The number of aromatic hydroxyl groups is 1. The first-order chi connectivity index (χ1) is 12.2. The Balaban J connectivity index is 1.56. The summed E-state index contributed by atoms with van der Waals surface area (Å²) in [4.78, 5) is 4.13. The van der Waals surface area contributed by atoms with Crippen LogP contribution in [0.4, 0.5) is 4.39 Å². The Morgan fingerprint density at radius 1 is 1.36 bits per heavy atom. The van der Waals surface area contributed by atoms with Gasteiger partial charge in [-0.05, 0) is 42.9 Å². The fourth-order valence-electron chi connectivity index (χ4n) is 2.61. The summed E-state index contributed by atoms with van der Waals surface area (Å²) >= 11 is 0. The summed E-state index contributed by atoms with van der Waals surface area (Å²) in [7, 11) is 1.69. The van der Waals surface area contributed by atoms with Gasteiger partial charge in [0, 0.05) is 46.6 Å². The summed E-state index contributed by atoms with van der Waals surface area (Å²) in [5.41, 5.74) is 0.734. The lowest BCUT2D eigenvalue weighted by molar-refractivity contribution is 0.0203. The van der Waals surface area contributed by atoms with Crippen molar-refractivity contribution in [1.29, 1.82) is 0 Å². The third-order valence-electron chi connectivity index (χ3n) is 4.15. The fourth-order valence-corrected chi connectivity index (χ4v) is 2.61. The molecule has 25 heavy (non-hydrogen) atoms. The maximum Gasteiger partial charge on any atom is 0.191 e. The second kappa shape index (κ2) is 10.9. The molecule has 1 aromatic carbocycles. The van der Waals surface area contributed by atoms with Gasteiger partial charge in [0.1, 0.15) is 0 Å². The average Bonchev–Trinajstić information content (AvgIpc) is 2.64. The Labute approximate surface area is 148 Å². The largest absolute Gasteiger partial charge is 0.505 e. The quantitative estimate of drug-likeness (QED) is 0.379.